The monoisotopic (exact) mass is 272 g/mol. The number of carbonyl (C=O) groups excluding carboxylic acids is 1. The molecule has 0 unspecified atom stereocenters. The topological polar surface area (TPSA) is 17.1 Å². The van der Waals surface area contributed by atoms with Gasteiger partial charge in [0.1, 0.15) is 5.78 Å². The maximum absolute atomic E-state index is 11.2. The van der Waals surface area contributed by atoms with Gasteiger partial charge in [0, 0.05) is 12.8 Å². The Hall–Kier alpha value is -1.11. The third-order valence-corrected chi connectivity index (χ3v) is 4.60. The van der Waals surface area contributed by atoms with Gasteiger partial charge in [0.25, 0.3) is 0 Å². The number of Topliss-reactive ketones (excluding diaryl/α,β-unsaturated/α-hetero) is 1. The zero-order valence-corrected chi connectivity index (χ0v) is 12.9. The van der Waals surface area contributed by atoms with Crippen LogP contribution in [0.15, 0.2) is 24.3 Å². The summed E-state index contributed by atoms with van der Waals surface area (Å²) in [6, 6.07) is 9.20. The van der Waals surface area contributed by atoms with Gasteiger partial charge in [0.05, 0.1) is 0 Å². The highest BCUT2D eigenvalue weighted by Gasteiger charge is 2.18. The molecule has 0 heterocycles. The molecule has 0 spiro atoms. The maximum atomic E-state index is 11.2. The SMILES string of the molecule is CCCCCc1ccc(CCC2CCC(=O)CC2)cc1. The third kappa shape index (κ3) is 5.11. The summed E-state index contributed by atoms with van der Waals surface area (Å²) in [6.07, 6.45) is 11.5. The van der Waals surface area contributed by atoms with Gasteiger partial charge in [-0.15, -0.1) is 0 Å². The number of aryl methyl sites for hydroxylation is 2. The van der Waals surface area contributed by atoms with Crippen molar-refractivity contribution >= 4 is 5.78 Å². The Labute approximate surface area is 123 Å². The van der Waals surface area contributed by atoms with Gasteiger partial charge in [-0.3, -0.25) is 4.79 Å². The van der Waals surface area contributed by atoms with E-state index in [0.29, 0.717) is 5.78 Å². The molecule has 1 nitrogen and oxygen atoms in total. The van der Waals surface area contributed by atoms with Crippen molar-refractivity contribution in [3.8, 4) is 0 Å². The fourth-order valence-electron chi connectivity index (χ4n) is 3.11. The largest absolute Gasteiger partial charge is 0.300 e. The normalized spacial score (nSPS) is 16.6. The summed E-state index contributed by atoms with van der Waals surface area (Å²) in [5.74, 6) is 1.25. The van der Waals surface area contributed by atoms with Gasteiger partial charge < -0.3 is 0 Å². The minimum atomic E-state index is 0.470. The number of unbranched alkanes of at least 4 members (excludes halogenated alkanes) is 2. The number of ketones is 1. The lowest BCUT2D eigenvalue weighted by Gasteiger charge is -2.20. The Bertz CT molecular complexity index is 394. The average Bonchev–Trinajstić information content (AvgIpc) is 2.48. The summed E-state index contributed by atoms with van der Waals surface area (Å²) >= 11 is 0. The molecule has 0 saturated heterocycles. The zero-order chi connectivity index (χ0) is 14.2. The molecule has 110 valence electrons. The molecular formula is C19H28O. The molecule has 1 aromatic rings. The van der Waals surface area contributed by atoms with Crippen LogP contribution in [-0.2, 0) is 17.6 Å². The Morgan fingerprint density at radius 1 is 0.950 bits per heavy atom. The van der Waals surface area contributed by atoms with Gasteiger partial charge in [-0.05, 0) is 55.6 Å². The first-order valence-corrected chi connectivity index (χ1v) is 8.37. The summed E-state index contributed by atoms with van der Waals surface area (Å²) < 4.78 is 0. The van der Waals surface area contributed by atoms with E-state index in [1.54, 1.807) is 0 Å². The molecule has 0 amide bonds. The summed E-state index contributed by atoms with van der Waals surface area (Å²) in [7, 11) is 0. The first-order valence-electron chi connectivity index (χ1n) is 8.37. The molecule has 0 bridgehead atoms. The number of hydrogen-bond donors (Lipinski definition) is 0. The molecule has 1 aliphatic carbocycles. The quantitative estimate of drug-likeness (QED) is 0.630. The van der Waals surface area contributed by atoms with Crippen molar-refractivity contribution in [1.82, 2.24) is 0 Å². The lowest BCUT2D eigenvalue weighted by atomic mass is 9.84. The van der Waals surface area contributed by atoms with E-state index in [1.165, 1.54) is 49.7 Å². The highest BCUT2D eigenvalue weighted by atomic mass is 16.1. The van der Waals surface area contributed by atoms with Crippen LogP contribution in [0.1, 0.15) is 69.4 Å². The molecule has 1 saturated carbocycles. The van der Waals surface area contributed by atoms with Crippen molar-refractivity contribution in [3.63, 3.8) is 0 Å². The van der Waals surface area contributed by atoms with Gasteiger partial charge in [0.15, 0.2) is 0 Å². The summed E-state index contributed by atoms with van der Waals surface area (Å²) in [4.78, 5) is 11.2. The van der Waals surface area contributed by atoms with Crippen LogP contribution in [0.2, 0.25) is 0 Å². The molecular weight excluding hydrogens is 244 g/mol. The molecule has 0 aromatic heterocycles. The number of hydrogen-bond acceptors (Lipinski definition) is 1. The summed E-state index contributed by atoms with van der Waals surface area (Å²) in [5.41, 5.74) is 2.94. The number of carbonyl (C=O) groups is 1. The van der Waals surface area contributed by atoms with Crippen LogP contribution >= 0.6 is 0 Å². The minimum absolute atomic E-state index is 0.470. The highest BCUT2D eigenvalue weighted by Crippen LogP contribution is 2.25. The van der Waals surface area contributed by atoms with E-state index >= 15 is 0 Å². The lowest BCUT2D eigenvalue weighted by Crippen LogP contribution is -2.14. The summed E-state index contributed by atoms with van der Waals surface area (Å²) in [6.45, 7) is 2.25. The first kappa shape index (κ1) is 15.3. The number of benzene rings is 1. The lowest BCUT2D eigenvalue weighted by molar-refractivity contribution is -0.121. The van der Waals surface area contributed by atoms with Gasteiger partial charge >= 0.3 is 0 Å². The minimum Gasteiger partial charge on any atom is -0.300 e. The van der Waals surface area contributed by atoms with Gasteiger partial charge in [-0.1, -0.05) is 44.0 Å². The smallest absolute Gasteiger partial charge is 0.132 e. The third-order valence-electron chi connectivity index (χ3n) is 4.60. The average molecular weight is 272 g/mol. The van der Waals surface area contributed by atoms with Gasteiger partial charge in [-0.25, -0.2) is 0 Å². The predicted octanol–water partition coefficient (Wildman–Crippen LogP) is 5.11. The van der Waals surface area contributed by atoms with Crippen LogP contribution in [-0.4, -0.2) is 5.78 Å². The second-order valence-corrected chi connectivity index (χ2v) is 6.29. The van der Waals surface area contributed by atoms with Gasteiger partial charge in [0.2, 0.25) is 0 Å². The standard InChI is InChI=1S/C19H28O/c1-2-3-4-5-16-6-8-17(9-7-16)10-11-18-12-14-19(20)15-13-18/h6-9,18H,2-5,10-15H2,1H3. The van der Waals surface area contributed by atoms with E-state index in [2.05, 4.69) is 31.2 Å². The van der Waals surface area contributed by atoms with E-state index in [0.717, 1.165) is 31.6 Å². The van der Waals surface area contributed by atoms with Crippen molar-refractivity contribution in [2.75, 3.05) is 0 Å². The van der Waals surface area contributed by atoms with Crippen molar-refractivity contribution in [2.24, 2.45) is 5.92 Å². The van der Waals surface area contributed by atoms with Crippen LogP contribution in [0.3, 0.4) is 0 Å². The van der Waals surface area contributed by atoms with Crippen molar-refractivity contribution in [2.45, 2.75) is 71.1 Å². The van der Waals surface area contributed by atoms with E-state index in [4.69, 9.17) is 0 Å². The fourth-order valence-corrected chi connectivity index (χ4v) is 3.11. The molecule has 2 rings (SSSR count). The van der Waals surface area contributed by atoms with Crippen molar-refractivity contribution in [1.29, 1.82) is 0 Å². The molecule has 20 heavy (non-hydrogen) atoms. The second-order valence-electron chi connectivity index (χ2n) is 6.29. The molecule has 1 fully saturated rings. The first-order chi connectivity index (χ1) is 9.78. The van der Waals surface area contributed by atoms with E-state index in [-0.39, 0.29) is 0 Å². The van der Waals surface area contributed by atoms with Crippen LogP contribution in [0.4, 0.5) is 0 Å². The van der Waals surface area contributed by atoms with Crippen LogP contribution < -0.4 is 0 Å². The van der Waals surface area contributed by atoms with Gasteiger partial charge in [-0.2, -0.15) is 0 Å². The van der Waals surface area contributed by atoms with Crippen LogP contribution in [0.5, 0.6) is 0 Å². The Morgan fingerprint density at radius 2 is 1.55 bits per heavy atom. The zero-order valence-electron chi connectivity index (χ0n) is 12.9. The van der Waals surface area contributed by atoms with Crippen molar-refractivity contribution in [3.05, 3.63) is 35.4 Å². The van der Waals surface area contributed by atoms with Crippen LogP contribution in [0, 0.1) is 5.92 Å². The second kappa shape index (κ2) is 8.24. The molecule has 1 aromatic carbocycles. The van der Waals surface area contributed by atoms with Crippen molar-refractivity contribution < 1.29 is 4.79 Å². The molecule has 0 aliphatic heterocycles. The fraction of sp³-hybridized carbons (Fsp3) is 0.632. The molecule has 0 radical (unpaired) electrons. The predicted molar refractivity (Wildman–Crippen MR) is 85.0 cm³/mol. The van der Waals surface area contributed by atoms with Crippen LogP contribution in [0.25, 0.3) is 0 Å². The summed E-state index contributed by atoms with van der Waals surface area (Å²) in [5, 5.41) is 0. The molecule has 1 aliphatic rings. The van der Waals surface area contributed by atoms with E-state index in [1.807, 2.05) is 0 Å². The molecule has 1 heteroatoms. The molecule has 0 N–H and O–H groups in total. The Balaban J connectivity index is 1.72. The number of rotatable bonds is 7. The Morgan fingerprint density at radius 3 is 2.15 bits per heavy atom. The maximum Gasteiger partial charge on any atom is 0.132 e. The van der Waals surface area contributed by atoms with E-state index in [9.17, 15) is 4.79 Å². The van der Waals surface area contributed by atoms with E-state index < -0.39 is 0 Å². The highest BCUT2D eigenvalue weighted by molar-refractivity contribution is 5.78. The Kier molecular flexibility index (Phi) is 6.29. The molecule has 0 atom stereocenters.